The van der Waals surface area contributed by atoms with E-state index in [0.29, 0.717) is 17.3 Å². The molecule has 0 amide bonds. The van der Waals surface area contributed by atoms with Gasteiger partial charge in [-0.25, -0.2) is 4.98 Å². The number of aliphatic carboxylic acids is 1. The first-order valence-corrected chi connectivity index (χ1v) is 5.12. The fraction of sp³-hybridized carbons (Fsp3) is 0.429. The van der Waals surface area contributed by atoms with Crippen LogP contribution in [0, 0.1) is 5.92 Å². The van der Waals surface area contributed by atoms with Crippen molar-refractivity contribution in [3.05, 3.63) is 11.1 Å². The van der Waals surface area contributed by atoms with E-state index in [-0.39, 0.29) is 0 Å². The fourth-order valence-electron chi connectivity index (χ4n) is 0.890. The number of thiol groups is 1. The van der Waals surface area contributed by atoms with E-state index in [1.165, 1.54) is 11.3 Å². The number of carboxylic acids is 1. The lowest BCUT2D eigenvalue weighted by Crippen LogP contribution is -2.17. The average Bonchev–Trinajstić information content (AvgIpc) is 2.46. The van der Waals surface area contributed by atoms with Gasteiger partial charge in [-0.3, -0.25) is 4.79 Å². The maximum atomic E-state index is 10.6. The van der Waals surface area contributed by atoms with Crippen molar-refractivity contribution in [2.24, 2.45) is 5.92 Å². The number of carbonyl (C=O) groups is 1. The first-order valence-electron chi connectivity index (χ1n) is 3.67. The van der Waals surface area contributed by atoms with Crippen LogP contribution in [-0.4, -0.2) is 21.8 Å². The molecule has 13 heavy (non-hydrogen) atoms. The minimum absolute atomic E-state index is 0.327. The van der Waals surface area contributed by atoms with Crippen LogP contribution in [0.1, 0.15) is 4.88 Å². The highest BCUT2D eigenvalue weighted by molar-refractivity contribution is 7.80. The van der Waals surface area contributed by atoms with Crippen LogP contribution in [0.4, 0.5) is 5.13 Å². The van der Waals surface area contributed by atoms with E-state index in [9.17, 15) is 4.79 Å². The average molecular weight is 218 g/mol. The monoisotopic (exact) mass is 218 g/mol. The van der Waals surface area contributed by atoms with Gasteiger partial charge in [-0.15, -0.1) is 11.3 Å². The number of hydrogen-bond donors (Lipinski definition) is 3. The molecule has 1 unspecified atom stereocenters. The summed E-state index contributed by atoms with van der Waals surface area (Å²) in [6.45, 7) is 0. The number of thiazole rings is 1. The zero-order valence-corrected chi connectivity index (χ0v) is 8.52. The second-order valence-electron chi connectivity index (χ2n) is 2.59. The molecule has 1 heterocycles. The van der Waals surface area contributed by atoms with Crippen LogP contribution in [-0.2, 0) is 11.2 Å². The molecule has 72 valence electrons. The van der Waals surface area contributed by atoms with Gasteiger partial charge in [-0.1, -0.05) is 0 Å². The summed E-state index contributed by atoms with van der Waals surface area (Å²) in [6, 6.07) is 0. The lowest BCUT2D eigenvalue weighted by molar-refractivity contribution is -0.140. The summed E-state index contributed by atoms with van der Waals surface area (Å²) >= 11 is 5.28. The molecule has 0 aromatic carbocycles. The number of carboxylic acid groups (broad SMARTS) is 1. The highest BCUT2D eigenvalue weighted by Gasteiger charge is 2.17. The molecule has 6 heteroatoms. The molecule has 0 saturated carbocycles. The summed E-state index contributed by atoms with van der Waals surface area (Å²) in [5.41, 5.74) is 5.41. The maximum Gasteiger partial charge on any atom is 0.307 e. The summed E-state index contributed by atoms with van der Waals surface area (Å²) in [4.78, 5) is 15.4. The largest absolute Gasteiger partial charge is 0.481 e. The van der Waals surface area contributed by atoms with Crippen LogP contribution in [0.2, 0.25) is 0 Å². The standard InChI is InChI=1S/C7H10N2O2S2/c8-7-9-2-5(13-7)1-4(3-12)6(10)11/h2,4,12H,1,3H2,(H2,8,9)(H,10,11). The zero-order valence-electron chi connectivity index (χ0n) is 6.80. The van der Waals surface area contributed by atoms with E-state index < -0.39 is 11.9 Å². The number of nitrogens with zero attached hydrogens (tertiary/aromatic N) is 1. The summed E-state index contributed by atoms with van der Waals surface area (Å²) in [6.07, 6.45) is 2.06. The number of rotatable bonds is 4. The van der Waals surface area contributed by atoms with Crippen LogP contribution >= 0.6 is 24.0 Å². The highest BCUT2D eigenvalue weighted by Crippen LogP contribution is 2.19. The van der Waals surface area contributed by atoms with Gasteiger partial charge in [-0.05, 0) is 6.42 Å². The molecule has 0 spiro atoms. The van der Waals surface area contributed by atoms with E-state index >= 15 is 0 Å². The van der Waals surface area contributed by atoms with Crippen LogP contribution < -0.4 is 5.73 Å². The normalized spacial score (nSPS) is 12.7. The van der Waals surface area contributed by atoms with Gasteiger partial charge in [0.05, 0.1) is 5.92 Å². The number of anilines is 1. The zero-order chi connectivity index (χ0) is 9.84. The van der Waals surface area contributed by atoms with Crippen molar-refractivity contribution >= 4 is 35.1 Å². The van der Waals surface area contributed by atoms with Gasteiger partial charge in [0, 0.05) is 16.8 Å². The molecule has 0 aliphatic rings. The third kappa shape index (κ3) is 2.89. The summed E-state index contributed by atoms with van der Waals surface area (Å²) in [5, 5.41) is 9.22. The quantitative estimate of drug-likeness (QED) is 0.656. The predicted octanol–water partition coefficient (Wildman–Crippen LogP) is 0.898. The number of aromatic nitrogens is 1. The predicted molar refractivity (Wildman–Crippen MR) is 55.2 cm³/mol. The van der Waals surface area contributed by atoms with Gasteiger partial charge in [0.25, 0.3) is 0 Å². The van der Waals surface area contributed by atoms with Gasteiger partial charge in [-0.2, -0.15) is 12.6 Å². The smallest absolute Gasteiger partial charge is 0.307 e. The molecule has 3 N–H and O–H groups in total. The van der Waals surface area contributed by atoms with E-state index in [1.54, 1.807) is 6.20 Å². The molecule has 0 saturated heterocycles. The van der Waals surface area contributed by atoms with Gasteiger partial charge in [0.1, 0.15) is 0 Å². The van der Waals surface area contributed by atoms with Crippen molar-refractivity contribution in [1.82, 2.24) is 4.98 Å². The lowest BCUT2D eigenvalue weighted by atomic mass is 10.1. The second kappa shape index (κ2) is 4.48. The Morgan fingerprint density at radius 3 is 2.92 bits per heavy atom. The van der Waals surface area contributed by atoms with Gasteiger partial charge in [0.15, 0.2) is 5.13 Å². The van der Waals surface area contributed by atoms with Crippen molar-refractivity contribution < 1.29 is 9.90 Å². The summed E-state index contributed by atoms with van der Waals surface area (Å²) in [7, 11) is 0. The van der Waals surface area contributed by atoms with Crippen molar-refractivity contribution in [3.63, 3.8) is 0 Å². The molecule has 0 aliphatic heterocycles. The molecule has 0 fully saturated rings. The Labute approximate surface area is 85.2 Å². The minimum Gasteiger partial charge on any atom is -0.481 e. The van der Waals surface area contributed by atoms with Crippen molar-refractivity contribution in [1.29, 1.82) is 0 Å². The Morgan fingerprint density at radius 2 is 2.54 bits per heavy atom. The van der Waals surface area contributed by atoms with Crippen LogP contribution in [0.5, 0.6) is 0 Å². The topological polar surface area (TPSA) is 76.2 Å². The lowest BCUT2D eigenvalue weighted by Gasteiger charge is -2.05. The highest BCUT2D eigenvalue weighted by atomic mass is 32.1. The third-order valence-electron chi connectivity index (χ3n) is 1.59. The third-order valence-corrected chi connectivity index (χ3v) is 2.88. The second-order valence-corrected chi connectivity index (χ2v) is 4.10. The number of hydrogen-bond acceptors (Lipinski definition) is 5. The molecule has 1 rings (SSSR count). The Balaban J connectivity index is 2.61. The summed E-state index contributed by atoms with van der Waals surface area (Å²) in [5.74, 6) is -0.960. The van der Waals surface area contributed by atoms with Gasteiger partial charge < -0.3 is 10.8 Å². The molecular weight excluding hydrogens is 208 g/mol. The molecule has 1 atom stereocenters. The van der Waals surface area contributed by atoms with Crippen molar-refractivity contribution in [2.75, 3.05) is 11.5 Å². The van der Waals surface area contributed by atoms with Crippen molar-refractivity contribution in [3.8, 4) is 0 Å². The molecular formula is C7H10N2O2S2. The van der Waals surface area contributed by atoms with Crippen LogP contribution in [0.25, 0.3) is 0 Å². The number of nitrogen functional groups attached to an aromatic ring is 1. The number of nitrogens with two attached hydrogens (primary N) is 1. The Hall–Kier alpha value is -0.750. The van der Waals surface area contributed by atoms with E-state index in [1.807, 2.05) is 0 Å². The van der Waals surface area contributed by atoms with E-state index in [2.05, 4.69) is 17.6 Å². The maximum absolute atomic E-state index is 10.6. The van der Waals surface area contributed by atoms with E-state index in [0.717, 1.165) is 4.88 Å². The van der Waals surface area contributed by atoms with Crippen molar-refractivity contribution in [2.45, 2.75) is 6.42 Å². The molecule has 1 aromatic rings. The Kier molecular flexibility index (Phi) is 3.56. The fourth-order valence-corrected chi connectivity index (χ4v) is 1.94. The molecule has 0 radical (unpaired) electrons. The summed E-state index contributed by atoms with van der Waals surface area (Å²) < 4.78 is 0. The molecule has 4 nitrogen and oxygen atoms in total. The van der Waals surface area contributed by atoms with Crippen LogP contribution in [0.15, 0.2) is 6.20 Å². The van der Waals surface area contributed by atoms with Crippen LogP contribution in [0.3, 0.4) is 0 Å². The molecule has 0 aliphatic carbocycles. The molecule has 1 aromatic heterocycles. The first-order chi connectivity index (χ1) is 6.13. The van der Waals surface area contributed by atoms with Gasteiger partial charge in [0.2, 0.25) is 0 Å². The molecule has 0 bridgehead atoms. The Bertz CT molecular complexity index is 300. The van der Waals surface area contributed by atoms with E-state index in [4.69, 9.17) is 10.8 Å². The van der Waals surface area contributed by atoms with Gasteiger partial charge >= 0.3 is 5.97 Å². The Morgan fingerprint density at radius 1 is 1.85 bits per heavy atom. The minimum atomic E-state index is -0.832. The first kappa shape index (κ1) is 10.3. The SMILES string of the molecule is Nc1ncc(CC(CS)C(=O)O)s1.